The number of anilines is 1. The highest BCUT2D eigenvalue weighted by molar-refractivity contribution is 5.95. The lowest BCUT2D eigenvalue weighted by molar-refractivity contribution is -0.384. The Morgan fingerprint density at radius 1 is 1.10 bits per heavy atom. The molecule has 1 atom stereocenters. The second kappa shape index (κ2) is 9.50. The minimum absolute atomic E-state index is 0.0976. The Morgan fingerprint density at radius 2 is 1.83 bits per heavy atom. The second-order valence-corrected chi connectivity index (χ2v) is 6.68. The monoisotopic (exact) mass is 394 g/mol. The highest BCUT2D eigenvalue weighted by Crippen LogP contribution is 2.32. The molecular weight excluding hydrogens is 372 g/mol. The third-order valence-electron chi connectivity index (χ3n) is 4.69. The Bertz CT molecular complexity index is 994. The first-order valence-electron chi connectivity index (χ1n) is 9.34. The zero-order valence-corrected chi connectivity index (χ0v) is 15.7. The van der Waals surface area contributed by atoms with Gasteiger partial charge in [-0.3, -0.25) is 10.1 Å². The molecule has 3 rings (SSSR count). The molecule has 150 valence electrons. The molecule has 0 aliphatic heterocycles. The van der Waals surface area contributed by atoms with E-state index in [0.717, 1.165) is 12.0 Å². The van der Waals surface area contributed by atoms with Crippen LogP contribution >= 0.6 is 0 Å². The van der Waals surface area contributed by atoms with E-state index in [1.807, 2.05) is 42.5 Å². The summed E-state index contributed by atoms with van der Waals surface area (Å²) in [7, 11) is 0. The number of hydrogen-bond donors (Lipinski definition) is 3. The maximum Gasteiger partial charge on any atom is 0.404 e. The normalized spacial score (nSPS) is 11.7. The fourth-order valence-electron chi connectivity index (χ4n) is 3.25. The van der Waals surface area contributed by atoms with Crippen LogP contribution in [0, 0.1) is 10.1 Å². The van der Waals surface area contributed by atoms with E-state index >= 15 is 0 Å². The average molecular weight is 394 g/mol. The number of nitrogens with one attached hydrogen (secondary N) is 2. The van der Waals surface area contributed by atoms with Gasteiger partial charge < -0.3 is 15.7 Å². The van der Waals surface area contributed by atoms with Gasteiger partial charge in [-0.15, -0.1) is 0 Å². The molecule has 1 aromatic heterocycles. The van der Waals surface area contributed by atoms with Gasteiger partial charge in [-0.2, -0.15) is 0 Å². The second-order valence-electron chi connectivity index (χ2n) is 6.68. The first kappa shape index (κ1) is 20.1. The average Bonchev–Trinajstić information content (AvgIpc) is 2.72. The summed E-state index contributed by atoms with van der Waals surface area (Å²) in [5, 5.41) is 26.7. The van der Waals surface area contributed by atoms with Crippen molar-refractivity contribution < 1.29 is 14.8 Å². The number of para-hydroxylation sites is 1. The van der Waals surface area contributed by atoms with E-state index in [-0.39, 0.29) is 18.3 Å². The molecule has 0 bridgehead atoms. The van der Waals surface area contributed by atoms with Crippen LogP contribution in [0.2, 0.25) is 0 Å². The number of benzene rings is 2. The highest BCUT2D eigenvalue weighted by Gasteiger charge is 2.21. The number of rotatable bonds is 9. The molecule has 2 aromatic carbocycles. The van der Waals surface area contributed by atoms with E-state index in [4.69, 9.17) is 5.11 Å². The number of aromatic nitrogens is 1. The van der Waals surface area contributed by atoms with Crippen LogP contribution in [0.15, 0.2) is 60.8 Å². The van der Waals surface area contributed by atoms with Crippen molar-refractivity contribution in [3.63, 3.8) is 0 Å². The molecule has 1 heterocycles. The maximum atomic E-state index is 11.6. The molecule has 3 aromatic rings. The van der Waals surface area contributed by atoms with E-state index < -0.39 is 11.0 Å². The van der Waals surface area contributed by atoms with Gasteiger partial charge in [0.25, 0.3) is 0 Å². The SMILES string of the molecule is O=C(O)NCC[C@H](CCc1ccccc1)Nc1c([N+](=O)[O-])cnc2ccccc12. The number of aryl methyl sites for hydroxylation is 1. The molecule has 29 heavy (non-hydrogen) atoms. The van der Waals surface area contributed by atoms with Crippen LogP contribution in [-0.4, -0.2) is 33.7 Å². The topological polar surface area (TPSA) is 117 Å². The van der Waals surface area contributed by atoms with Crippen LogP contribution in [0.1, 0.15) is 18.4 Å². The summed E-state index contributed by atoms with van der Waals surface area (Å²) in [5.41, 5.74) is 2.12. The number of nitro groups is 1. The number of hydrogen-bond acceptors (Lipinski definition) is 5. The largest absolute Gasteiger partial charge is 0.465 e. The van der Waals surface area contributed by atoms with Crippen molar-refractivity contribution in [3.8, 4) is 0 Å². The number of carbonyl (C=O) groups is 1. The molecular formula is C21H22N4O4. The summed E-state index contributed by atoms with van der Waals surface area (Å²) >= 11 is 0. The molecule has 0 saturated carbocycles. The Balaban J connectivity index is 1.86. The van der Waals surface area contributed by atoms with Crippen molar-refractivity contribution in [3.05, 3.63) is 76.5 Å². The fourth-order valence-corrected chi connectivity index (χ4v) is 3.25. The first-order valence-corrected chi connectivity index (χ1v) is 9.34. The van der Waals surface area contributed by atoms with Crippen LogP contribution in [-0.2, 0) is 6.42 Å². The van der Waals surface area contributed by atoms with Gasteiger partial charge in [-0.25, -0.2) is 9.78 Å². The van der Waals surface area contributed by atoms with Crippen LogP contribution in [0.25, 0.3) is 10.9 Å². The lowest BCUT2D eigenvalue weighted by atomic mass is 10.0. The zero-order chi connectivity index (χ0) is 20.6. The third kappa shape index (κ3) is 5.41. The third-order valence-corrected chi connectivity index (χ3v) is 4.69. The Kier molecular flexibility index (Phi) is 6.57. The van der Waals surface area contributed by atoms with Gasteiger partial charge >= 0.3 is 11.8 Å². The quantitative estimate of drug-likeness (QED) is 0.370. The first-order chi connectivity index (χ1) is 14.0. The highest BCUT2D eigenvalue weighted by atomic mass is 16.6. The maximum absolute atomic E-state index is 11.6. The molecule has 0 unspecified atom stereocenters. The smallest absolute Gasteiger partial charge is 0.404 e. The molecule has 8 nitrogen and oxygen atoms in total. The van der Waals surface area contributed by atoms with Gasteiger partial charge in [-0.05, 0) is 30.9 Å². The van der Waals surface area contributed by atoms with E-state index in [2.05, 4.69) is 15.6 Å². The lowest BCUT2D eigenvalue weighted by Crippen LogP contribution is -2.29. The van der Waals surface area contributed by atoms with E-state index in [1.54, 1.807) is 12.1 Å². The van der Waals surface area contributed by atoms with Crippen molar-refractivity contribution in [2.45, 2.75) is 25.3 Å². The van der Waals surface area contributed by atoms with Crippen molar-refractivity contribution in [2.75, 3.05) is 11.9 Å². The Morgan fingerprint density at radius 3 is 2.55 bits per heavy atom. The predicted molar refractivity (Wildman–Crippen MR) is 111 cm³/mol. The molecule has 0 saturated heterocycles. The van der Waals surface area contributed by atoms with Crippen molar-refractivity contribution in [2.24, 2.45) is 0 Å². The number of amides is 1. The number of fused-ring (bicyclic) bond motifs is 1. The van der Waals surface area contributed by atoms with E-state index in [1.165, 1.54) is 6.20 Å². The van der Waals surface area contributed by atoms with Crippen LogP contribution in [0.4, 0.5) is 16.2 Å². The molecule has 0 radical (unpaired) electrons. The van der Waals surface area contributed by atoms with E-state index in [0.29, 0.717) is 29.4 Å². The Labute approximate surface area is 167 Å². The molecule has 0 aliphatic carbocycles. The summed E-state index contributed by atoms with van der Waals surface area (Å²) in [4.78, 5) is 26.1. The fraction of sp³-hybridized carbons (Fsp3) is 0.238. The standard InChI is InChI=1S/C21H22N4O4/c26-21(27)22-13-12-16(11-10-15-6-2-1-3-7-15)24-20-17-8-4-5-9-18(17)23-14-19(20)25(28)29/h1-9,14,16,22H,10-13H2,(H,23,24)(H,26,27)/t16-/m0/s1. The number of pyridine rings is 1. The molecule has 0 spiro atoms. The molecule has 3 N–H and O–H groups in total. The van der Waals surface area contributed by atoms with Crippen molar-refractivity contribution in [1.82, 2.24) is 10.3 Å². The van der Waals surface area contributed by atoms with Gasteiger partial charge in [0.1, 0.15) is 11.9 Å². The molecule has 0 aliphatic rings. The minimum Gasteiger partial charge on any atom is -0.465 e. The van der Waals surface area contributed by atoms with Crippen LogP contribution < -0.4 is 10.6 Å². The predicted octanol–water partition coefficient (Wildman–Crippen LogP) is 4.21. The van der Waals surface area contributed by atoms with Crippen molar-refractivity contribution >= 4 is 28.4 Å². The van der Waals surface area contributed by atoms with Gasteiger partial charge in [-0.1, -0.05) is 48.5 Å². The summed E-state index contributed by atoms with van der Waals surface area (Å²) < 4.78 is 0. The summed E-state index contributed by atoms with van der Waals surface area (Å²) in [6.07, 6.45) is 2.12. The molecule has 1 amide bonds. The zero-order valence-electron chi connectivity index (χ0n) is 15.7. The Hall–Kier alpha value is -3.68. The molecule has 8 heteroatoms. The van der Waals surface area contributed by atoms with Gasteiger partial charge in [0.2, 0.25) is 0 Å². The number of carboxylic acid groups (broad SMARTS) is 1. The van der Waals surface area contributed by atoms with Gasteiger partial charge in [0.05, 0.1) is 10.4 Å². The summed E-state index contributed by atoms with van der Waals surface area (Å²) in [5.74, 6) is 0. The number of nitrogens with zero attached hydrogens (tertiary/aromatic N) is 2. The molecule has 0 fully saturated rings. The van der Waals surface area contributed by atoms with Gasteiger partial charge in [0, 0.05) is 18.0 Å². The van der Waals surface area contributed by atoms with Crippen LogP contribution in [0.3, 0.4) is 0 Å². The van der Waals surface area contributed by atoms with Crippen LogP contribution in [0.5, 0.6) is 0 Å². The minimum atomic E-state index is -1.09. The van der Waals surface area contributed by atoms with Crippen molar-refractivity contribution in [1.29, 1.82) is 0 Å². The van der Waals surface area contributed by atoms with Gasteiger partial charge in [0.15, 0.2) is 0 Å². The van der Waals surface area contributed by atoms with E-state index in [9.17, 15) is 14.9 Å². The lowest BCUT2D eigenvalue weighted by Gasteiger charge is -2.21. The summed E-state index contributed by atoms with van der Waals surface area (Å²) in [6, 6.07) is 17.0. The summed E-state index contributed by atoms with van der Waals surface area (Å²) in [6.45, 7) is 0.249.